The smallest absolute Gasteiger partial charge is 0.123 e. The zero-order valence-electron chi connectivity index (χ0n) is 10.1. The molecule has 0 rings (SSSR count). The molecule has 2 unspecified atom stereocenters. The van der Waals surface area contributed by atoms with Gasteiger partial charge >= 0.3 is 0 Å². The normalized spacial score (nSPS) is 14.1. The number of aldehydes is 3. The van der Waals surface area contributed by atoms with Crippen molar-refractivity contribution in [2.45, 2.75) is 51.9 Å². The summed E-state index contributed by atoms with van der Waals surface area (Å²) in [5.74, 6) is -0.157. The molecule has 0 aromatic carbocycles. The lowest BCUT2D eigenvalue weighted by Crippen LogP contribution is -2.12. The van der Waals surface area contributed by atoms with Crippen molar-refractivity contribution in [2.24, 2.45) is 11.8 Å². The number of hydrogen-bond donors (Lipinski definition) is 0. The van der Waals surface area contributed by atoms with Crippen molar-refractivity contribution >= 4 is 18.9 Å². The first kappa shape index (κ1) is 15.0. The minimum absolute atomic E-state index is 0.0200. The second-order valence-corrected chi connectivity index (χ2v) is 4.27. The average molecular weight is 226 g/mol. The van der Waals surface area contributed by atoms with Gasteiger partial charge in [-0.25, -0.2) is 0 Å². The fourth-order valence-electron chi connectivity index (χ4n) is 1.81. The maximum absolute atomic E-state index is 10.8. The quantitative estimate of drug-likeness (QED) is 0.402. The summed E-state index contributed by atoms with van der Waals surface area (Å²) in [6.45, 7) is 2.12. The zero-order valence-corrected chi connectivity index (χ0v) is 10.1. The number of hydrogen-bond acceptors (Lipinski definition) is 3. The van der Waals surface area contributed by atoms with E-state index >= 15 is 0 Å². The Balaban J connectivity index is 3.90. The lowest BCUT2D eigenvalue weighted by molar-refractivity contribution is -0.114. The molecule has 0 aliphatic rings. The maximum atomic E-state index is 10.8. The molecule has 16 heavy (non-hydrogen) atoms. The topological polar surface area (TPSA) is 51.2 Å². The van der Waals surface area contributed by atoms with Crippen molar-refractivity contribution in [3.63, 3.8) is 0 Å². The Morgan fingerprint density at radius 1 is 0.938 bits per heavy atom. The fraction of sp³-hybridized carbons (Fsp3) is 0.769. The molecule has 0 aliphatic heterocycles. The van der Waals surface area contributed by atoms with E-state index < -0.39 is 0 Å². The number of carbonyl (C=O) groups excluding carboxylic acids is 3. The Hall–Kier alpha value is -0.990. The summed E-state index contributed by atoms with van der Waals surface area (Å²) in [6.07, 6.45) is 8.40. The van der Waals surface area contributed by atoms with Crippen LogP contribution in [0.3, 0.4) is 0 Å². The standard InChI is InChI=1S/C13H22O3/c1-2-3-4-6-12(10-15)9-13(11-16)7-5-8-14/h8,10-13H,2-7,9H2,1H3. The first-order valence-corrected chi connectivity index (χ1v) is 6.12. The van der Waals surface area contributed by atoms with E-state index in [9.17, 15) is 14.4 Å². The van der Waals surface area contributed by atoms with Crippen LogP contribution in [0.4, 0.5) is 0 Å². The van der Waals surface area contributed by atoms with Crippen molar-refractivity contribution in [3.05, 3.63) is 0 Å². The number of carbonyl (C=O) groups is 3. The molecule has 0 aliphatic carbocycles. The van der Waals surface area contributed by atoms with E-state index in [4.69, 9.17) is 0 Å². The van der Waals surface area contributed by atoms with E-state index in [1.807, 2.05) is 0 Å². The minimum Gasteiger partial charge on any atom is -0.303 e. The molecule has 0 saturated heterocycles. The van der Waals surface area contributed by atoms with Gasteiger partial charge in [0, 0.05) is 18.3 Å². The van der Waals surface area contributed by atoms with E-state index in [2.05, 4.69) is 6.92 Å². The Morgan fingerprint density at radius 2 is 1.56 bits per heavy atom. The second kappa shape index (κ2) is 10.5. The summed E-state index contributed by atoms with van der Waals surface area (Å²) in [6, 6.07) is 0. The average Bonchev–Trinajstić information content (AvgIpc) is 2.32. The molecule has 0 bridgehead atoms. The van der Waals surface area contributed by atoms with Gasteiger partial charge in [-0.15, -0.1) is 0 Å². The molecule has 0 N–H and O–H groups in total. The molecule has 0 fully saturated rings. The van der Waals surface area contributed by atoms with Crippen LogP contribution in [0.5, 0.6) is 0 Å². The van der Waals surface area contributed by atoms with Crippen LogP contribution in [0, 0.1) is 11.8 Å². The third kappa shape index (κ3) is 7.32. The Bertz CT molecular complexity index is 201. The second-order valence-electron chi connectivity index (χ2n) is 4.27. The van der Waals surface area contributed by atoms with Gasteiger partial charge in [-0.3, -0.25) is 0 Å². The van der Waals surface area contributed by atoms with E-state index in [1.165, 1.54) is 0 Å². The van der Waals surface area contributed by atoms with Crippen LogP contribution in [0.2, 0.25) is 0 Å². The molecule has 0 saturated carbocycles. The minimum atomic E-state index is -0.137. The Kier molecular flexibility index (Phi) is 9.87. The summed E-state index contributed by atoms with van der Waals surface area (Å²) in [4.78, 5) is 31.8. The number of unbranched alkanes of at least 4 members (excludes halogenated alkanes) is 2. The monoisotopic (exact) mass is 226 g/mol. The van der Waals surface area contributed by atoms with Crippen molar-refractivity contribution in [3.8, 4) is 0 Å². The first-order chi connectivity index (χ1) is 7.78. The molecule has 92 valence electrons. The van der Waals surface area contributed by atoms with Crippen LogP contribution in [0.15, 0.2) is 0 Å². The van der Waals surface area contributed by atoms with E-state index in [0.29, 0.717) is 19.3 Å². The maximum Gasteiger partial charge on any atom is 0.123 e. The van der Waals surface area contributed by atoms with Gasteiger partial charge < -0.3 is 14.4 Å². The highest BCUT2D eigenvalue weighted by Gasteiger charge is 2.14. The third-order valence-electron chi connectivity index (χ3n) is 2.82. The van der Waals surface area contributed by atoms with Gasteiger partial charge in [0.15, 0.2) is 0 Å². The van der Waals surface area contributed by atoms with Crippen LogP contribution >= 0.6 is 0 Å². The molecule has 0 radical (unpaired) electrons. The molecule has 2 atom stereocenters. The summed E-state index contributed by atoms with van der Waals surface area (Å²) in [7, 11) is 0. The predicted octanol–water partition coefficient (Wildman–Crippen LogP) is 2.57. The fourth-order valence-corrected chi connectivity index (χ4v) is 1.81. The van der Waals surface area contributed by atoms with Gasteiger partial charge in [-0.2, -0.15) is 0 Å². The summed E-state index contributed by atoms with van der Waals surface area (Å²) in [5.41, 5.74) is 0. The first-order valence-electron chi connectivity index (χ1n) is 6.12. The van der Waals surface area contributed by atoms with Gasteiger partial charge in [0.25, 0.3) is 0 Å². The molecule has 0 spiro atoms. The van der Waals surface area contributed by atoms with Crippen LogP contribution < -0.4 is 0 Å². The van der Waals surface area contributed by atoms with E-state index in [1.54, 1.807) is 0 Å². The predicted molar refractivity (Wildman–Crippen MR) is 63.2 cm³/mol. The van der Waals surface area contributed by atoms with Crippen LogP contribution in [-0.4, -0.2) is 18.9 Å². The third-order valence-corrected chi connectivity index (χ3v) is 2.82. The molecule has 3 heteroatoms. The lowest BCUT2D eigenvalue weighted by atomic mass is 9.89. The highest BCUT2D eigenvalue weighted by atomic mass is 16.1. The largest absolute Gasteiger partial charge is 0.303 e. The van der Waals surface area contributed by atoms with Gasteiger partial charge in [-0.05, 0) is 19.3 Å². The van der Waals surface area contributed by atoms with E-state index in [-0.39, 0.29) is 11.8 Å². The van der Waals surface area contributed by atoms with Gasteiger partial charge in [0.1, 0.15) is 18.9 Å². The number of rotatable bonds is 11. The molecular weight excluding hydrogens is 204 g/mol. The van der Waals surface area contributed by atoms with Crippen LogP contribution in [0.25, 0.3) is 0 Å². The zero-order chi connectivity index (χ0) is 12.2. The summed E-state index contributed by atoms with van der Waals surface area (Å²) in [5, 5.41) is 0. The van der Waals surface area contributed by atoms with Gasteiger partial charge in [0.05, 0.1) is 0 Å². The molecule has 0 aromatic heterocycles. The Labute approximate surface area is 97.6 Å². The molecule has 0 amide bonds. The molecule has 0 aromatic rings. The van der Waals surface area contributed by atoms with Crippen LogP contribution in [0.1, 0.15) is 51.9 Å². The molecular formula is C13H22O3. The summed E-state index contributed by atoms with van der Waals surface area (Å²) >= 11 is 0. The van der Waals surface area contributed by atoms with Crippen LogP contribution in [-0.2, 0) is 14.4 Å². The Morgan fingerprint density at radius 3 is 2.06 bits per heavy atom. The van der Waals surface area contributed by atoms with Gasteiger partial charge in [-0.1, -0.05) is 26.2 Å². The van der Waals surface area contributed by atoms with Gasteiger partial charge in [0.2, 0.25) is 0 Å². The lowest BCUT2D eigenvalue weighted by Gasteiger charge is -2.14. The van der Waals surface area contributed by atoms with Crippen molar-refractivity contribution in [1.29, 1.82) is 0 Å². The van der Waals surface area contributed by atoms with E-state index in [0.717, 1.165) is 44.5 Å². The summed E-state index contributed by atoms with van der Waals surface area (Å²) < 4.78 is 0. The SMILES string of the molecule is CCCCCC(C=O)CC(C=O)CCC=O. The van der Waals surface area contributed by atoms with Crippen molar-refractivity contribution < 1.29 is 14.4 Å². The highest BCUT2D eigenvalue weighted by molar-refractivity contribution is 5.59. The van der Waals surface area contributed by atoms with Crippen molar-refractivity contribution in [1.82, 2.24) is 0 Å². The molecule has 0 heterocycles. The van der Waals surface area contributed by atoms with Crippen molar-refractivity contribution in [2.75, 3.05) is 0 Å². The highest BCUT2D eigenvalue weighted by Crippen LogP contribution is 2.19. The molecule has 3 nitrogen and oxygen atoms in total.